The summed E-state index contributed by atoms with van der Waals surface area (Å²) in [7, 11) is 0. The Balaban J connectivity index is 2.94. The molecule has 1 unspecified atom stereocenters. The summed E-state index contributed by atoms with van der Waals surface area (Å²) >= 11 is 0. The third kappa shape index (κ3) is 1.84. The summed E-state index contributed by atoms with van der Waals surface area (Å²) in [4.78, 5) is 0. The highest BCUT2D eigenvalue weighted by Crippen LogP contribution is 2.17. The van der Waals surface area contributed by atoms with Crippen molar-refractivity contribution in [3.8, 4) is 0 Å². The van der Waals surface area contributed by atoms with Crippen molar-refractivity contribution in [3.05, 3.63) is 35.4 Å². The molecule has 0 aliphatic heterocycles. The minimum Gasteiger partial charge on any atom is -0.391 e. The largest absolute Gasteiger partial charge is 0.391 e. The molecule has 2 nitrogen and oxygen atoms in total. The smallest absolute Gasteiger partial charge is 0.0704 e. The van der Waals surface area contributed by atoms with Gasteiger partial charge in [0.2, 0.25) is 0 Å². The van der Waals surface area contributed by atoms with E-state index < -0.39 is 6.10 Å². The maximum atomic E-state index is 9.27. The van der Waals surface area contributed by atoms with Crippen molar-refractivity contribution in [2.45, 2.75) is 26.0 Å². The van der Waals surface area contributed by atoms with Crippen molar-refractivity contribution < 1.29 is 5.11 Å². The number of aliphatic hydroxyl groups is 1. The number of nitrogens with two attached hydrogens (primary N) is 1. The van der Waals surface area contributed by atoms with E-state index in [9.17, 15) is 5.11 Å². The topological polar surface area (TPSA) is 46.2 Å². The van der Waals surface area contributed by atoms with E-state index in [1.807, 2.05) is 31.2 Å². The van der Waals surface area contributed by atoms with Crippen LogP contribution in [-0.4, -0.2) is 11.2 Å². The first-order chi connectivity index (χ1) is 5.63. The van der Waals surface area contributed by atoms with Crippen LogP contribution in [0.5, 0.6) is 0 Å². The first-order valence-corrected chi connectivity index (χ1v) is 4.12. The summed E-state index contributed by atoms with van der Waals surface area (Å²) in [5.41, 5.74) is 7.94. The second-order valence-corrected chi connectivity index (χ2v) is 3.12. The van der Waals surface area contributed by atoms with Gasteiger partial charge in [0.1, 0.15) is 0 Å². The standard InChI is InChI=1S/C10H15NO/c1-7-5-3-4-6-9(7)10(11)8(2)12/h3-6,8,10,12H,11H2,1-2H3/t8?,10-/m1/s1. The maximum absolute atomic E-state index is 9.27. The normalized spacial score (nSPS) is 15.7. The van der Waals surface area contributed by atoms with Crippen molar-refractivity contribution in [1.29, 1.82) is 0 Å². The van der Waals surface area contributed by atoms with Gasteiger partial charge in [-0.2, -0.15) is 0 Å². The summed E-state index contributed by atoms with van der Waals surface area (Å²) in [6.07, 6.45) is -0.494. The van der Waals surface area contributed by atoms with Crippen LogP contribution in [0.4, 0.5) is 0 Å². The lowest BCUT2D eigenvalue weighted by molar-refractivity contribution is 0.164. The fourth-order valence-electron chi connectivity index (χ4n) is 1.22. The van der Waals surface area contributed by atoms with Gasteiger partial charge in [0.25, 0.3) is 0 Å². The van der Waals surface area contributed by atoms with E-state index >= 15 is 0 Å². The molecule has 2 heteroatoms. The van der Waals surface area contributed by atoms with Gasteiger partial charge in [0.15, 0.2) is 0 Å². The van der Waals surface area contributed by atoms with E-state index in [2.05, 4.69) is 0 Å². The zero-order valence-corrected chi connectivity index (χ0v) is 7.49. The zero-order chi connectivity index (χ0) is 9.14. The van der Waals surface area contributed by atoms with Crippen LogP contribution < -0.4 is 5.73 Å². The molecule has 66 valence electrons. The average molecular weight is 165 g/mol. The highest BCUT2D eigenvalue weighted by atomic mass is 16.3. The van der Waals surface area contributed by atoms with E-state index in [4.69, 9.17) is 5.73 Å². The predicted molar refractivity (Wildman–Crippen MR) is 49.8 cm³/mol. The molecule has 0 bridgehead atoms. The summed E-state index contributed by atoms with van der Waals surface area (Å²) in [5.74, 6) is 0. The molecule has 0 spiro atoms. The molecule has 12 heavy (non-hydrogen) atoms. The van der Waals surface area contributed by atoms with Crippen LogP contribution in [0.1, 0.15) is 24.1 Å². The second kappa shape index (κ2) is 3.70. The van der Waals surface area contributed by atoms with Gasteiger partial charge in [-0.1, -0.05) is 24.3 Å². The van der Waals surface area contributed by atoms with E-state index in [0.29, 0.717) is 0 Å². The molecule has 0 fully saturated rings. The Hall–Kier alpha value is -0.860. The van der Waals surface area contributed by atoms with E-state index in [-0.39, 0.29) is 6.04 Å². The second-order valence-electron chi connectivity index (χ2n) is 3.12. The molecule has 1 aromatic rings. The lowest BCUT2D eigenvalue weighted by atomic mass is 9.99. The Kier molecular flexibility index (Phi) is 2.84. The van der Waals surface area contributed by atoms with Crippen LogP contribution in [0.25, 0.3) is 0 Å². The minimum atomic E-state index is -0.494. The molecule has 0 aliphatic carbocycles. The maximum Gasteiger partial charge on any atom is 0.0704 e. The Morgan fingerprint density at radius 1 is 1.33 bits per heavy atom. The molecular formula is C10H15NO. The van der Waals surface area contributed by atoms with Gasteiger partial charge in [0, 0.05) is 0 Å². The fraction of sp³-hybridized carbons (Fsp3) is 0.400. The van der Waals surface area contributed by atoms with Crippen molar-refractivity contribution in [2.75, 3.05) is 0 Å². The summed E-state index contributed by atoms with van der Waals surface area (Å²) in [5, 5.41) is 9.27. The molecule has 1 rings (SSSR count). The van der Waals surface area contributed by atoms with Gasteiger partial charge in [0.05, 0.1) is 12.1 Å². The van der Waals surface area contributed by atoms with Crippen LogP contribution in [0.2, 0.25) is 0 Å². The van der Waals surface area contributed by atoms with Crippen molar-refractivity contribution in [3.63, 3.8) is 0 Å². The van der Waals surface area contributed by atoms with E-state index in [1.165, 1.54) is 0 Å². The number of aryl methyl sites for hydroxylation is 1. The molecule has 0 saturated carbocycles. The highest BCUT2D eigenvalue weighted by molar-refractivity contribution is 5.28. The molecule has 0 heterocycles. The molecule has 0 aliphatic rings. The quantitative estimate of drug-likeness (QED) is 0.695. The van der Waals surface area contributed by atoms with Gasteiger partial charge >= 0.3 is 0 Å². The third-order valence-electron chi connectivity index (χ3n) is 2.07. The molecule has 1 aromatic carbocycles. The third-order valence-corrected chi connectivity index (χ3v) is 2.07. The molecule has 0 aromatic heterocycles. The van der Waals surface area contributed by atoms with Gasteiger partial charge in [-0.3, -0.25) is 0 Å². The van der Waals surface area contributed by atoms with Crippen LogP contribution in [0, 0.1) is 6.92 Å². The number of benzene rings is 1. The highest BCUT2D eigenvalue weighted by Gasteiger charge is 2.12. The minimum absolute atomic E-state index is 0.272. The number of rotatable bonds is 2. The first-order valence-electron chi connectivity index (χ1n) is 4.12. The number of hydrogen-bond donors (Lipinski definition) is 2. The van der Waals surface area contributed by atoms with Gasteiger partial charge in [-0.15, -0.1) is 0 Å². The van der Waals surface area contributed by atoms with Gasteiger partial charge in [-0.25, -0.2) is 0 Å². The summed E-state index contributed by atoms with van der Waals surface area (Å²) in [6, 6.07) is 7.58. The monoisotopic (exact) mass is 165 g/mol. The van der Waals surface area contributed by atoms with Crippen LogP contribution in [-0.2, 0) is 0 Å². The number of aliphatic hydroxyl groups excluding tert-OH is 1. The zero-order valence-electron chi connectivity index (χ0n) is 7.49. The Bertz CT molecular complexity index is 258. The first kappa shape index (κ1) is 9.23. The van der Waals surface area contributed by atoms with Gasteiger partial charge < -0.3 is 10.8 Å². The van der Waals surface area contributed by atoms with E-state index in [1.54, 1.807) is 6.92 Å². The lowest BCUT2D eigenvalue weighted by Crippen LogP contribution is -2.23. The molecule has 0 radical (unpaired) electrons. The van der Waals surface area contributed by atoms with Crippen LogP contribution >= 0.6 is 0 Å². The fourth-order valence-corrected chi connectivity index (χ4v) is 1.22. The Morgan fingerprint density at radius 2 is 1.92 bits per heavy atom. The Morgan fingerprint density at radius 3 is 2.42 bits per heavy atom. The van der Waals surface area contributed by atoms with Crippen molar-refractivity contribution in [2.24, 2.45) is 5.73 Å². The van der Waals surface area contributed by atoms with Crippen LogP contribution in [0.3, 0.4) is 0 Å². The molecular weight excluding hydrogens is 150 g/mol. The van der Waals surface area contributed by atoms with Gasteiger partial charge in [-0.05, 0) is 25.0 Å². The van der Waals surface area contributed by atoms with Crippen LogP contribution in [0.15, 0.2) is 24.3 Å². The molecule has 3 N–H and O–H groups in total. The van der Waals surface area contributed by atoms with E-state index in [0.717, 1.165) is 11.1 Å². The van der Waals surface area contributed by atoms with Crippen molar-refractivity contribution >= 4 is 0 Å². The summed E-state index contributed by atoms with van der Waals surface area (Å²) in [6.45, 7) is 3.70. The molecule has 0 saturated heterocycles. The van der Waals surface area contributed by atoms with Crippen molar-refractivity contribution in [1.82, 2.24) is 0 Å². The lowest BCUT2D eigenvalue weighted by Gasteiger charge is -2.16. The summed E-state index contributed by atoms with van der Waals surface area (Å²) < 4.78 is 0. The SMILES string of the molecule is Cc1ccccc1[C@H](N)C(C)O. The molecule has 2 atom stereocenters. The Labute approximate surface area is 73.0 Å². The predicted octanol–water partition coefficient (Wildman–Crippen LogP) is 1.38. The average Bonchev–Trinajstić information content (AvgIpc) is 2.04. The number of hydrogen-bond acceptors (Lipinski definition) is 2. The molecule has 0 amide bonds.